The first-order valence-corrected chi connectivity index (χ1v) is 21.7. The SMILES string of the molecule is c1ccc(-c2ccc(-c3ccccc3)c(-c3ccc(-n4c5ccccc5c5cc6c(cc54)sc4ccccc46)c(-c4nc(-c5ccccc5)nc(-c5ccccc5)n4)c3)c2)cc1. The summed E-state index contributed by atoms with van der Waals surface area (Å²) in [6.45, 7) is 0. The minimum atomic E-state index is 0.601. The molecule has 0 spiro atoms. The molecule has 9 aromatic carbocycles. The second-order valence-corrected chi connectivity index (χ2v) is 16.7. The Balaban J connectivity index is 1.18. The molecular formula is C57H36N4S. The van der Waals surface area contributed by atoms with Crippen LogP contribution in [0.1, 0.15) is 0 Å². The highest BCUT2D eigenvalue weighted by molar-refractivity contribution is 7.25. The first kappa shape index (κ1) is 35.9. The van der Waals surface area contributed by atoms with E-state index in [0.717, 1.165) is 61.2 Å². The Bertz CT molecular complexity index is 3560. The second kappa shape index (κ2) is 14.9. The van der Waals surface area contributed by atoms with E-state index in [9.17, 15) is 0 Å². The Labute approximate surface area is 362 Å². The predicted octanol–water partition coefficient (Wildman–Crippen LogP) is 15.3. The Morgan fingerprint density at radius 2 is 0.839 bits per heavy atom. The molecule has 0 N–H and O–H groups in total. The number of fused-ring (bicyclic) bond motifs is 6. The van der Waals surface area contributed by atoms with E-state index in [1.54, 1.807) is 0 Å². The topological polar surface area (TPSA) is 43.6 Å². The van der Waals surface area contributed by atoms with E-state index in [1.807, 2.05) is 47.7 Å². The van der Waals surface area contributed by atoms with Gasteiger partial charge in [0.1, 0.15) is 0 Å². The lowest BCUT2D eigenvalue weighted by atomic mass is 9.90. The van der Waals surface area contributed by atoms with E-state index in [4.69, 9.17) is 15.0 Å². The van der Waals surface area contributed by atoms with Crippen molar-refractivity contribution in [2.75, 3.05) is 0 Å². The van der Waals surface area contributed by atoms with Crippen molar-refractivity contribution in [2.45, 2.75) is 0 Å². The molecule has 0 fully saturated rings. The van der Waals surface area contributed by atoms with E-state index < -0.39 is 0 Å². The summed E-state index contributed by atoms with van der Waals surface area (Å²) >= 11 is 1.84. The zero-order valence-electron chi connectivity index (χ0n) is 33.5. The summed E-state index contributed by atoms with van der Waals surface area (Å²) < 4.78 is 4.96. The van der Waals surface area contributed by atoms with E-state index in [0.29, 0.717) is 17.5 Å². The molecule has 3 heterocycles. The highest BCUT2D eigenvalue weighted by atomic mass is 32.1. The maximum Gasteiger partial charge on any atom is 0.166 e. The summed E-state index contributed by atoms with van der Waals surface area (Å²) in [6, 6.07) is 77.6. The van der Waals surface area contributed by atoms with Gasteiger partial charge in [-0.25, -0.2) is 15.0 Å². The fourth-order valence-electron chi connectivity index (χ4n) is 8.92. The fourth-order valence-corrected chi connectivity index (χ4v) is 10.0. The molecule has 0 unspecified atom stereocenters. The van der Waals surface area contributed by atoms with Crippen molar-refractivity contribution >= 4 is 53.3 Å². The van der Waals surface area contributed by atoms with Crippen LogP contribution in [-0.2, 0) is 0 Å². The first-order valence-electron chi connectivity index (χ1n) is 20.8. The molecule has 12 rings (SSSR count). The molecule has 5 heteroatoms. The van der Waals surface area contributed by atoms with Gasteiger partial charge in [0.25, 0.3) is 0 Å². The van der Waals surface area contributed by atoms with Crippen molar-refractivity contribution in [1.82, 2.24) is 19.5 Å². The molecule has 3 aromatic heterocycles. The standard InChI is InChI=1S/C57H36N4S/c1-5-17-37(18-6-1)41-29-31-43(38-19-7-2-8-20-38)46(33-41)42-30-32-51(49(34-42)57-59-55(39-21-9-3-10-22-39)58-56(60-57)40-23-11-4-12-24-40)61-50-27-15-13-25-44(50)47-35-48-45-26-14-16-28-53(45)62-54(48)36-52(47)61/h1-36H. The third kappa shape index (κ3) is 6.18. The van der Waals surface area contributed by atoms with Gasteiger partial charge in [-0.1, -0.05) is 176 Å². The van der Waals surface area contributed by atoms with Crippen LogP contribution in [0.2, 0.25) is 0 Å². The van der Waals surface area contributed by atoms with Crippen LogP contribution in [0, 0.1) is 0 Å². The minimum Gasteiger partial charge on any atom is -0.308 e. The van der Waals surface area contributed by atoms with Crippen molar-refractivity contribution in [1.29, 1.82) is 0 Å². The van der Waals surface area contributed by atoms with Crippen molar-refractivity contribution in [3.05, 3.63) is 218 Å². The third-order valence-corrected chi connectivity index (χ3v) is 13.0. The maximum absolute atomic E-state index is 5.36. The molecule has 0 bridgehead atoms. The van der Waals surface area contributed by atoms with Gasteiger partial charge in [-0.05, 0) is 75.8 Å². The number of aromatic nitrogens is 4. The molecule has 290 valence electrons. The van der Waals surface area contributed by atoms with E-state index in [-0.39, 0.29) is 0 Å². The van der Waals surface area contributed by atoms with E-state index >= 15 is 0 Å². The lowest BCUT2D eigenvalue weighted by Crippen LogP contribution is -2.04. The van der Waals surface area contributed by atoms with Gasteiger partial charge in [-0.2, -0.15) is 0 Å². The van der Waals surface area contributed by atoms with Gasteiger partial charge in [0, 0.05) is 47.6 Å². The molecule has 0 saturated carbocycles. The summed E-state index contributed by atoms with van der Waals surface area (Å²) in [6.07, 6.45) is 0. The Hall–Kier alpha value is -7.99. The van der Waals surface area contributed by atoms with Crippen LogP contribution in [0.25, 0.3) is 115 Å². The van der Waals surface area contributed by atoms with Crippen molar-refractivity contribution in [3.63, 3.8) is 0 Å². The average molecular weight is 809 g/mol. The number of hydrogen-bond donors (Lipinski definition) is 0. The highest BCUT2D eigenvalue weighted by Gasteiger charge is 2.22. The van der Waals surface area contributed by atoms with Crippen LogP contribution in [0.3, 0.4) is 0 Å². The quantitative estimate of drug-likeness (QED) is 0.161. The molecule has 12 aromatic rings. The fraction of sp³-hybridized carbons (Fsp3) is 0. The molecule has 0 saturated heterocycles. The molecule has 0 radical (unpaired) electrons. The van der Waals surface area contributed by atoms with Crippen molar-refractivity contribution < 1.29 is 0 Å². The van der Waals surface area contributed by atoms with Gasteiger partial charge >= 0.3 is 0 Å². The van der Waals surface area contributed by atoms with E-state index in [1.165, 1.54) is 36.5 Å². The summed E-state index contributed by atoms with van der Waals surface area (Å²) in [4.78, 5) is 15.8. The number of nitrogens with zero attached hydrogens (tertiary/aromatic N) is 4. The summed E-state index contributed by atoms with van der Waals surface area (Å²) in [5.41, 5.74) is 12.8. The predicted molar refractivity (Wildman–Crippen MR) is 260 cm³/mol. The molecule has 0 aliphatic heterocycles. The van der Waals surface area contributed by atoms with Gasteiger partial charge in [-0.15, -0.1) is 11.3 Å². The summed E-state index contributed by atoms with van der Waals surface area (Å²) in [5, 5.41) is 4.97. The molecular weight excluding hydrogens is 773 g/mol. The van der Waals surface area contributed by atoms with Crippen LogP contribution >= 0.6 is 11.3 Å². The minimum absolute atomic E-state index is 0.601. The molecule has 0 aliphatic carbocycles. The Kier molecular flexibility index (Phi) is 8.65. The molecule has 0 atom stereocenters. The largest absolute Gasteiger partial charge is 0.308 e. The summed E-state index contributed by atoms with van der Waals surface area (Å²) in [7, 11) is 0. The maximum atomic E-state index is 5.36. The summed E-state index contributed by atoms with van der Waals surface area (Å²) in [5.74, 6) is 1.84. The number of para-hydroxylation sites is 1. The van der Waals surface area contributed by atoms with Gasteiger partial charge in [0.2, 0.25) is 0 Å². The van der Waals surface area contributed by atoms with Crippen LogP contribution in [0.4, 0.5) is 0 Å². The number of rotatable bonds is 7. The lowest BCUT2D eigenvalue weighted by molar-refractivity contribution is 1.06. The van der Waals surface area contributed by atoms with Gasteiger partial charge in [-0.3, -0.25) is 0 Å². The third-order valence-electron chi connectivity index (χ3n) is 11.9. The van der Waals surface area contributed by atoms with Gasteiger partial charge < -0.3 is 4.57 Å². The zero-order chi connectivity index (χ0) is 41.0. The van der Waals surface area contributed by atoms with Gasteiger partial charge in [0.05, 0.1) is 16.7 Å². The van der Waals surface area contributed by atoms with Crippen molar-refractivity contribution in [3.8, 4) is 73.2 Å². The van der Waals surface area contributed by atoms with Gasteiger partial charge in [0.15, 0.2) is 17.5 Å². The van der Waals surface area contributed by atoms with Crippen molar-refractivity contribution in [2.24, 2.45) is 0 Å². The Morgan fingerprint density at radius 3 is 1.53 bits per heavy atom. The number of thiophene rings is 1. The molecule has 62 heavy (non-hydrogen) atoms. The average Bonchev–Trinajstić information content (AvgIpc) is 3.88. The van der Waals surface area contributed by atoms with Crippen LogP contribution in [-0.4, -0.2) is 19.5 Å². The molecule has 0 amide bonds. The molecule has 0 aliphatic rings. The van der Waals surface area contributed by atoms with Crippen LogP contribution < -0.4 is 0 Å². The smallest absolute Gasteiger partial charge is 0.166 e. The number of hydrogen-bond acceptors (Lipinski definition) is 4. The van der Waals surface area contributed by atoms with Crippen LogP contribution in [0.15, 0.2) is 218 Å². The monoisotopic (exact) mass is 808 g/mol. The second-order valence-electron chi connectivity index (χ2n) is 15.6. The van der Waals surface area contributed by atoms with Crippen LogP contribution in [0.5, 0.6) is 0 Å². The highest BCUT2D eigenvalue weighted by Crippen LogP contribution is 2.44. The first-order chi connectivity index (χ1) is 30.7. The molecule has 4 nitrogen and oxygen atoms in total. The Morgan fingerprint density at radius 1 is 0.290 bits per heavy atom. The lowest BCUT2D eigenvalue weighted by Gasteiger charge is -2.18. The normalized spacial score (nSPS) is 11.5. The zero-order valence-corrected chi connectivity index (χ0v) is 34.3. The number of benzene rings is 9. The van der Waals surface area contributed by atoms with E-state index in [2.05, 4.69) is 187 Å².